The van der Waals surface area contributed by atoms with Crippen LogP contribution in [0.4, 0.5) is 0 Å². The Morgan fingerprint density at radius 1 is 1.50 bits per heavy atom. The van der Waals surface area contributed by atoms with Gasteiger partial charge in [-0.05, 0) is 19.8 Å². The number of hydrogen-bond donors (Lipinski definition) is 1. The van der Waals surface area contributed by atoms with E-state index in [4.69, 9.17) is 0 Å². The van der Waals surface area contributed by atoms with Crippen LogP contribution in [-0.2, 0) is 16.6 Å². The first-order valence-electron chi connectivity index (χ1n) is 7.19. The molecular weight excluding hydrogens is 276 g/mol. The molecule has 0 amide bonds. The molecule has 0 aromatic carbocycles. The summed E-state index contributed by atoms with van der Waals surface area (Å²) in [5, 5.41) is 7.43. The molecule has 1 atom stereocenters. The van der Waals surface area contributed by atoms with Crippen molar-refractivity contribution in [3.63, 3.8) is 0 Å². The van der Waals surface area contributed by atoms with E-state index in [2.05, 4.69) is 24.3 Å². The summed E-state index contributed by atoms with van der Waals surface area (Å²) >= 11 is 0. The molecule has 1 aliphatic heterocycles. The van der Waals surface area contributed by atoms with Crippen molar-refractivity contribution in [3.05, 3.63) is 12.4 Å². The van der Waals surface area contributed by atoms with E-state index in [-0.39, 0.29) is 6.04 Å². The summed E-state index contributed by atoms with van der Waals surface area (Å²) in [6, 6.07) is 0.505. The number of hydrogen-bond acceptors (Lipinski definition) is 4. The predicted octanol–water partition coefficient (Wildman–Crippen LogP) is 1.05. The largest absolute Gasteiger partial charge is 0.313 e. The molecule has 0 saturated carbocycles. The normalized spacial score (nSPS) is 20.9. The summed E-state index contributed by atoms with van der Waals surface area (Å²) in [7, 11) is -3.38. The van der Waals surface area contributed by atoms with Crippen LogP contribution in [0.3, 0.4) is 0 Å². The van der Waals surface area contributed by atoms with E-state index >= 15 is 0 Å². The van der Waals surface area contributed by atoms with Crippen molar-refractivity contribution in [3.8, 4) is 0 Å². The fraction of sp³-hybridized carbons (Fsp3) is 0.769. The quantitative estimate of drug-likeness (QED) is 0.853. The maximum atomic E-state index is 12.5. The highest BCUT2D eigenvalue weighted by molar-refractivity contribution is 7.89. The summed E-state index contributed by atoms with van der Waals surface area (Å²) in [5.41, 5.74) is 0. The molecule has 1 unspecified atom stereocenters. The average molecular weight is 300 g/mol. The molecule has 0 aliphatic carbocycles. The van der Waals surface area contributed by atoms with Crippen LogP contribution in [0.1, 0.15) is 33.6 Å². The second-order valence-electron chi connectivity index (χ2n) is 5.65. The van der Waals surface area contributed by atoms with E-state index in [1.54, 1.807) is 15.2 Å². The van der Waals surface area contributed by atoms with Crippen LogP contribution in [0.15, 0.2) is 17.3 Å². The third-order valence-corrected chi connectivity index (χ3v) is 5.57. The summed E-state index contributed by atoms with van der Waals surface area (Å²) < 4.78 is 28.3. The summed E-state index contributed by atoms with van der Waals surface area (Å²) in [6.07, 6.45) is 4.96. The zero-order chi connectivity index (χ0) is 14.8. The van der Waals surface area contributed by atoms with Crippen molar-refractivity contribution in [2.24, 2.45) is 0 Å². The topological polar surface area (TPSA) is 67.2 Å². The third-order valence-electron chi connectivity index (χ3n) is 3.60. The van der Waals surface area contributed by atoms with Crippen molar-refractivity contribution in [2.75, 3.05) is 13.1 Å². The minimum atomic E-state index is -3.38. The molecule has 0 radical (unpaired) electrons. The molecule has 1 saturated heterocycles. The fourth-order valence-electron chi connectivity index (χ4n) is 2.47. The highest BCUT2D eigenvalue weighted by atomic mass is 32.2. The van der Waals surface area contributed by atoms with Gasteiger partial charge in [-0.3, -0.25) is 4.68 Å². The van der Waals surface area contributed by atoms with Gasteiger partial charge in [-0.1, -0.05) is 13.8 Å². The van der Waals surface area contributed by atoms with Gasteiger partial charge in [0.05, 0.1) is 12.7 Å². The number of nitrogens with zero attached hydrogens (tertiary/aromatic N) is 3. The minimum Gasteiger partial charge on any atom is -0.313 e. The van der Waals surface area contributed by atoms with Crippen LogP contribution in [0, 0.1) is 0 Å². The van der Waals surface area contributed by atoms with Crippen molar-refractivity contribution >= 4 is 10.0 Å². The molecule has 1 aromatic rings. The fourth-order valence-corrected chi connectivity index (χ4v) is 4.12. The van der Waals surface area contributed by atoms with Gasteiger partial charge in [0.15, 0.2) is 0 Å². The first-order valence-corrected chi connectivity index (χ1v) is 8.63. The highest BCUT2D eigenvalue weighted by Crippen LogP contribution is 2.25. The minimum absolute atomic E-state index is 0.0888. The lowest BCUT2D eigenvalue weighted by Crippen LogP contribution is -2.33. The molecule has 2 rings (SSSR count). The van der Waals surface area contributed by atoms with Crippen LogP contribution in [0.25, 0.3) is 0 Å². The van der Waals surface area contributed by atoms with E-state index in [9.17, 15) is 8.42 Å². The average Bonchev–Trinajstić information content (AvgIpc) is 2.97. The van der Waals surface area contributed by atoms with E-state index in [0.29, 0.717) is 24.0 Å². The molecule has 6 nitrogen and oxygen atoms in total. The maximum absolute atomic E-state index is 12.5. The molecule has 1 aliphatic rings. The van der Waals surface area contributed by atoms with Gasteiger partial charge in [-0.2, -0.15) is 9.40 Å². The molecule has 1 N–H and O–H groups in total. The molecule has 20 heavy (non-hydrogen) atoms. The van der Waals surface area contributed by atoms with Gasteiger partial charge in [0.2, 0.25) is 10.0 Å². The van der Waals surface area contributed by atoms with E-state index in [0.717, 1.165) is 19.4 Å². The Bertz CT molecular complexity index is 538. The van der Waals surface area contributed by atoms with E-state index < -0.39 is 10.0 Å². The Morgan fingerprint density at radius 3 is 2.85 bits per heavy atom. The zero-order valence-electron chi connectivity index (χ0n) is 12.4. The van der Waals surface area contributed by atoms with Crippen molar-refractivity contribution in [1.29, 1.82) is 0 Å². The van der Waals surface area contributed by atoms with E-state index in [1.807, 2.05) is 6.92 Å². The lowest BCUT2D eigenvalue weighted by Gasteiger charge is -2.19. The SMILES string of the molecule is CC(C)NCCn1cc(S(=O)(=O)N2CCCC2C)cn1. The summed E-state index contributed by atoms with van der Waals surface area (Å²) in [4.78, 5) is 0.302. The second kappa shape index (κ2) is 6.24. The summed E-state index contributed by atoms with van der Waals surface area (Å²) in [5.74, 6) is 0. The first-order chi connectivity index (χ1) is 9.41. The first kappa shape index (κ1) is 15.5. The Balaban J connectivity index is 2.04. The molecule has 7 heteroatoms. The third kappa shape index (κ3) is 3.39. The van der Waals surface area contributed by atoms with Crippen LogP contribution in [0.5, 0.6) is 0 Å². The number of nitrogens with one attached hydrogen (secondary N) is 1. The second-order valence-corrected chi connectivity index (χ2v) is 7.55. The molecule has 114 valence electrons. The Labute approximate surface area is 121 Å². The lowest BCUT2D eigenvalue weighted by atomic mass is 10.3. The van der Waals surface area contributed by atoms with Crippen molar-refractivity contribution in [1.82, 2.24) is 19.4 Å². The van der Waals surface area contributed by atoms with Gasteiger partial charge in [-0.15, -0.1) is 0 Å². The van der Waals surface area contributed by atoms with Gasteiger partial charge in [0, 0.05) is 31.4 Å². The summed E-state index contributed by atoms with van der Waals surface area (Å²) in [6.45, 7) is 8.18. The highest BCUT2D eigenvalue weighted by Gasteiger charge is 2.33. The molecule has 0 bridgehead atoms. The van der Waals surface area contributed by atoms with Crippen LogP contribution >= 0.6 is 0 Å². The Kier molecular flexibility index (Phi) is 4.82. The van der Waals surface area contributed by atoms with Gasteiger partial charge in [-0.25, -0.2) is 8.42 Å². The van der Waals surface area contributed by atoms with Gasteiger partial charge in [0.1, 0.15) is 4.90 Å². The van der Waals surface area contributed by atoms with E-state index in [1.165, 1.54) is 6.20 Å². The Morgan fingerprint density at radius 2 is 2.25 bits per heavy atom. The standard InChI is InChI=1S/C13H24N4O2S/c1-11(2)14-6-8-16-10-13(9-15-16)20(18,19)17-7-4-5-12(17)3/h9-12,14H,4-8H2,1-3H3. The predicted molar refractivity (Wildman–Crippen MR) is 78.0 cm³/mol. The maximum Gasteiger partial charge on any atom is 0.246 e. The van der Waals surface area contributed by atoms with Crippen molar-refractivity contribution < 1.29 is 8.42 Å². The lowest BCUT2D eigenvalue weighted by molar-refractivity contribution is 0.408. The number of rotatable bonds is 6. The van der Waals surface area contributed by atoms with Crippen LogP contribution < -0.4 is 5.32 Å². The van der Waals surface area contributed by atoms with Crippen LogP contribution in [-0.4, -0.2) is 47.7 Å². The zero-order valence-corrected chi connectivity index (χ0v) is 13.2. The number of sulfonamides is 1. The van der Waals surface area contributed by atoms with Gasteiger partial charge >= 0.3 is 0 Å². The smallest absolute Gasteiger partial charge is 0.246 e. The van der Waals surface area contributed by atoms with Gasteiger partial charge in [0.25, 0.3) is 0 Å². The Hall–Kier alpha value is -0.920. The molecule has 0 spiro atoms. The van der Waals surface area contributed by atoms with Gasteiger partial charge < -0.3 is 5.32 Å². The molecule has 1 aromatic heterocycles. The molecule has 2 heterocycles. The van der Waals surface area contributed by atoms with Crippen molar-refractivity contribution in [2.45, 2.75) is 57.1 Å². The number of aromatic nitrogens is 2. The van der Waals surface area contributed by atoms with Crippen LogP contribution in [0.2, 0.25) is 0 Å². The molecular formula is C13H24N4O2S. The monoisotopic (exact) mass is 300 g/mol. The molecule has 1 fully saturated rings.